The van der Waals surface area contributed by atoms with Crippen molar-refractivity contribution in [3.05, 3.63) is 59.7 Å². The molecule has 0 aliphatic carbocycles. The number of nitrogens with one attached hydrogen (secondary N) is 1. The second-order valence-corrected chi connectivity index (χ2v) is 6.44. The van der Waals surface area contributed by atoms with E-state index in [0.717, 1.165) is 5.75 Å². The summed E-state index contributed by atoms with van der Waals surface area (Å²) in [5.41, 5.74) is 3.87. The van der Waals surface area contributed by atoms with Crippen molar-refractivity contribution < 1.29 is 4.74 Å². The van der Waals surface area contributed by atoms with Crippen LogP contribution in [0.1, 0.15) is 44.9 Å². The van der Waals surface area contributed by atoms with E-state index in [1.807, 2.05) is 12.1 Å². The summed E-state index contributed by atoms with van der Waals surface area (Å²) in [6.07, 6.45) is 0. The lowest BCUT2D eigenvalue weighted by atomic mass is 9.85. The molecule has 2 heteroatoms. The summed E-state index contributed by atoms with van der Waals surface area (Å²) in [4.78, 5) is 0. The number of hydrogen-bond acceptors (Lipinski definition) is 2. The number of anilines is 1. The molecule has 1 N–H and O–H groups in total. The van der Waals surface area contributed by atoms with Crippen LogP contribution in [0.5, 0.6) is 5.75 Å². The minimum atomic E-state index is 0.123. The largest absolute Gasteiger partial charge is 0.497 e. The monoisotopic (exact) mass is 283 g/mol. The summed E-state index contributed by atoms with van der Waals surface area (Å²) < 4.78 is 5.31. The lowest BCUT2D eigenvalue weighted by molar-refractivity contribution is 0.414. The van der Waals surface area contributed by atoms with Gasteiger partial charge in [-0.2, -0.15) is 0 Å². The van der Waals surface area contributed by atoms with Crippen molar-refractivity contribution in [3.63, 3.8) is 0 Å². The van der Waals surface area contributed by atoms with Crippen molar-refractivity contribution in [3.8, 4) is 5.75 Å². The molecule has 1 atom stereocenters. The number of para-hydroxylation sites is 1. The predicted octanol–water partition coefficient (Wildman–Crippen LogP) is 5.17. The molecule has 0 saturated heterocycles. The molecule has 0 radical (unpaired) electrons. The zero-order valence-corrected chi connectivity index (χ0v) is 13.6. The van der Waals surface area contributed by atoms with E-state index in [4.69, 9.17) is 4.74 Å². The molecule has 0 aromatic heterocycles. The number of hydrogen-bond donors (Lipinski definition) is 1. The molecular weight excluding hydrogens is 258 g/mol. The minimum absolute atomic E-state index is 0.123. The molecule has 0 spiro atoms. The van der Waals surface area contributed by atoms with E-state index in [9.17, 15) is 0 Å². The number of ether oxygens (including phenoxy) is 1. The number of rotatable bonds is 4. The fourth-order valence-electron chi connectivity index (χ4n) is 2.49. The Bertz CT molecular complexity index is 599. The maximum atomic E-state index is 5.31. The molecule has 2 rings (SSSR count). The molecule has 112 valence electrons. The van der Waals surface area contributed by atoms with Gasteiger partial charge in [0.25, 0.3) is 0 Å². The summed E-state index contributed by atoms with van der Waals surface area (Å²) in [5, 5.41) is 3.63. The molecule has 1 unspecified atom stereocenters. The Hall–Kier alpha value is -1.96. The standard InChI is InChI=1S/C19H25NO/c1-14(15-9-8-10-16(13-15)21-5)20-18-12-7-6-11-17(18)19(2,3)4/h6-14,20H,1-5H3. The maximum Gasteiger partial charge on any atom is 0.119 e. The second kappa shape index (κ2) is 6.21. The van der Waals surface area contributed by atoms with Gasteiger partial charge in [0.2, 0.25) is 0 Å². The Morgan fingerprint density at radius 2 is 1.71 bits per heavy atom. The van der Waals surface area contributed by atoms with E-state index >= 15 is 0 Å². The van der Waals surface area contributed by atoms with Gasteiger partial charge in [-0.05, 0) is 41.7 Å². The van der Waals surface area contributed by atoms with Crippen LogP contribution in [-0.2, 0) is 5.41 Å². The van der Waals surface area contributed by atoms with Crippen LogP contribution < -0.4 is 10.1 Å². The van der Waals surface area contributed by atoms with Gasteiger partial charge in [-0.15, -0.1) is 0 Å². The Balaban J connectivity index is 2.25. The summed E-state index contributed by atoms with van der Waals surface area (Å²) in [6, 6.07) is 17.0. The third kappa shape index (κ3) is 3.78. The van der Waals surface area contributed by atoms with Gasteiger partial charge in [-0.3, -0.25) is 0 Å². The zero-order chi connectivity index (χ0) is 15.5. The van der Waals surface area contributed by atoms with E-state index in [1.165, 1.54) is 16.8 Å². The summed E-state index contributed by atoms with van der Waals surface area (Å²) >= 11 is 0. The molecule has 0 aliphatic heterocycles. The minimum Gasteiger partial charge on any atom is -0.497 e. The SMILES string of the molecule is COc1cccc(C(C)Nc2ccccc2C(C)(C)C)c1. The Labute approximate surface area is 128 Å². The van der Waals surface area contributed by atoms with E-state index in [2.05, 4.69) is 69.4 Å². The van der Waals surface area contributed by atoms with Crippen LogP contribution in [0.2, 0.25) is 0 Å². The third-order valence-corrected chi connectivity index (χ3v) is 3.70. The average Bonchev–Trinajstić information content (AvgIpc) is 2.46. The second-order valence-electron chi connectivity index (χ2n) is 6.44. The zero-order valence-electron chi connectivity index (χ0n) is 13.6. The fourth-order valence-corrected chi connectivity index (χ4v) is 2.49. The van der Waals surface area contributed by atoms with Gasteiger partial charge in [0.15, 0.2) is 0 Å². The van der Waals surface area contributed by atoms with Crippen molar-refractivity contribution in [2.24, 2.45) is 0 Å². The molecule has 2 aromatic rings. The van der Waals surface area contributed by atoms with Crippen LogP contribution in [-0.4, -0.2) is 7.11 Å². The van der Waals surface area contributed by atoms with Crippen LogP contribution in [0.4, 0.5) is 5.69 Å². The van der Waals surface area contributed by atoms with Gasteiger partial charge in [-0.25, -0.2) is 0 Å². The Morgan fingerprint density at radius 1 is 1.00 bits per heavy atom. The van der Waals surface area contributed by atoms with Crippen LogP contribution in [0.25, 0.3) is 0 Å². The summed E-state index contributed by atoms with van der Waals surface area (Å²) in [5.74, 6) is 0.894. The summed E-state index contributed by atoms with van der Waals surface area (Å²) in [7, 11) is 1.70. The molecule has 0 fully saturated rings. The van der Waals surface area contributed by atoms with E-state index in [-0.39, 0.29) is 11.5 Å². The third-order valence-electron chi connectivity index (χ3n) is 3.70. The maximum absolute atomic E-state index is 5.31. The normalized spacial score (nSPS) is 12.8. The van der Waals surface area contributed by atoms with Crippen molar-refractivity contribution in [2.45, 2.75) is 39.2 Å². The Morgan fingerprint density at radius 3 is 2.38 bits per heavy atom. The molecule has 2 aromatic carbocycles. The fraction of sp³-hybridized carbons (Fsp3) is 0.368. The first-order valence-corrected chi connectivity index (χ1v) is 7.42. The van der Waals surface area contributed by atoms with Crippen LogP contribution in [0.3, 0.4) is 0 Å². The molecule has 0 amide bonds. The van der Waals surface area contributed by atoms with Crippen LogP contribution in [0, 0.1) is 0 Å². The highest BCUT2D eigenvalue weighted by molar-refractivity contribution is 5.55. The highest BCUT2D eigenvalue weighted by atomic mass is 16.5. The molecule has 0 aliphatic rings. The smallest absolute Gasteiger partial charge is 0.119 e. The lowest BCUT2D eigenvalue weighted by Crippen LogP contribution is -2.16. The molecule has 0 heterocycles. The predicted molar refractivity (Wildman–Crippen MR) is 90.2 cm³/mol. The van der Waals surface area contributed by atoms with Crippen molar-refractivity contribution in [2.75, 3.05) is 12.4 Å². The van der Waals surface area contributed by atoms with Gasteiger partial charge < -0.3 is 10.1 Å². The van der Waals surface area contributed by atoms with Crippen molar-refractivity contribution in [1.29, 1.82) is 0 Å². The number of methoxy groups -OCH3 is 1. The molecule has 0 bridgehead atoms. The first kappa shape index (κ1) is 15.4. The topological polar surface area (TPSA) is 21.3 Å². The first-order chi connectivity index (χ1) is 9.91. The summed E-state index contributed by atoms with van der Waals surface area (Å²) in [6.45, 7) is 8.89. The van der Waals surface area contributed by atoms with Gasteiger partial charge in [0, 0.05) is 11.7 Å². The molecule has 21 heavy (non-hydrogen) atoms. The van der Waals surface area contributed by atoms with E-state index < -0.39 is 0 Å². The Kier molecular flexibility index (Phi) is 4.56. The van der Waals surface area contributed by atoms with Crippen LogP contribution in [0.15, 0.2) is 48.5 Å². The van der Waals surface area contributed by atoms with Gasteiger partial charge in [-0.1, -0.05) is 51.1 Å². The van der Waals surface area contributed by atoms with Crippen LogP contribution >= 0.6 is 0 Å². The molecular formula is C19H25NO. The van der Waals surface area contributed by atoms with Gasteiger partial charge in [0.05, 0.1) is 7.11 Å². The molecule has 2 nitrogen and oxygen atoms in total. The highest BCUT2D eigenvalue weighted by Gasteiger charge is 2.18. The molecule has 0 saturated carbocycles. The van der Waals surface area contributed by atoms with Crippen molar-refractivity contribution >= 4 is 5.69 Å². The van der Waals surface area contributed by atoms with E-state index in [0.29, 0.717) is 0 Å². The number of benzene rings is 2. The van der Waals surface area contributed by atoms with Gasteiger partial charge in [0.1, 0.15) is 5.75 Å². The van der Waals surface area contributed by atoms with E-state index in [1.54, 1.807) is 7.11 Å². The van der Waals surface area contributed by atoms with Crippen molar-refractivity contribution in [1.82, 2.24) is 0 Å². The lowest BCUT2D eigenvalue weighted by Gasteiger charge is -2.26. The average molecular weight is 283 g/mol. The quantitative estimate of drug-likeness (QED) is 0.836. The van der Waals surface area contributed by atoms with Gasteiger partial charge >= 0.3 is 0 Å². The highest BCUT2D eigenvalue weighted by Crippen LogP contribution is 2.32. The first-order valence-electron chi connectivity index (χ1n) is 7.42.